The molecule has 1 heterocycles. The van der Waals surface area contributed by atoms with E-state index in [4.69, 9.17) is 4.74 Å². The highest BCUT2D eigenvalue weighted by Gasteiger charge is 2.34. The van der Waals surface area contributed by atoms with Crippen molar-refractivity contribution in [2.45, 2.75) is 37.2 Å². The van der Waals surface area contributed by atoms with Crippen molar-refractivity contribution in [3.8, 4) is 0 Å². The summed E-state index contributed by atoms with van der Waals surface area (Å²) < 4.78 is 47.5. The van der Waals surface area contributed by atoms with Gasteiger partial charge in [0, 0.05) is 39.3 Å². The Bertz CT molecular complexity index is 1430. The zero-order valence-electron chi connectivity index (χ0n) is 23.4. The first-order valence-corrected chi connectivity index (χ1v) is 15.1. The van der Waals surface area contributed by atoms with Gasteiger partial charge in [0.2, 0.25) is 15.9 Å². The van der Waals surface area contributed by atoms with Gasteiger partial charge in [-0.05, 0) is 49.6 Å². The van der Waals surface area contributed by atoms with Gasteiger partial charge in [-0.3, -0.25) is 9.59 Å². The molecule has 1 saturated heterocycles. The van der Waals surface area contributed by atoms with Crippen LogP contribution in [0, 0.1) is 12.7 Å². The number of benzene rings is 3. The van der Waals surface area contributed by atoms with Gasteiger partial charge in [0.15, 0.2) is 0 Å². The van der Waals surface area contributed by atoms with Gasteiger partial charge in [-0.2, -0.15) is 4.31 Å². The number of rotatable bonds is 11. The molecule has 0 aliphatic carbocycles. The maximum atomic E-state index is 14.2. The summed E-state index contributed by atoms with van der Waals surface area (Å²) in [5.41, 5.74) is 2.04. The van der Waals surface area contributed by atoms with Crippen LogP contribution in [0.5, 0.6) is 0 Å². The Balaban J connectivity index is 1.54. The molecule has 1 fully saturated rings. The van der Waals surface area contributed by atoms with E-state index in [1.807, 2.05) is 31.2 Å². The second-order valence-electron chi connectivity index (χ2n) is 10.2. The number of carbonyl (C=O) groups is 2. The van der Waals surface area contributed by atoms with E-state index in [2.05, 4.69) is 0 Å². The molecule has 8 nitrogen and oxygen atoms in total. The van der Waals surface area contributed by atoms with Crippen LogP contribution < -0.4 is 0 Å². The van der Waals surface area contributed by atoms with Crippen LogP contribution >= 0.6 is 0 Å². The van der Waals surface area contributed by atoms with Gasteiger partial charge in [0.25, 0.3) is 5.91 Å². The van der Waals surface area contributed by atoms with Crippen molar-refractivity contribution in [3.05, 3.63) is 101 Å². The van der Waals surface area contributed by atoms with E-state index in [1.54, 1.807) is 40.1 Å². The monoisotopic (exact) mass is 581 g/mol. The van der Waals surface area contributed by atoms with E-state index in [9.17, 15) is 22.4 Å². The van der Waals surface area contributed by atoms with Gasteiger partial charge in [-0.1, -0.05) is 60.2 Å². The van der Waals surface area contributed by atoms with E-state index in [-0.39, 0.29) is 48.0 Å². The number of nitrogens with zero attached hydrogens (tertiary/aromatic N) is 3. The molecule has 4 rings (SSSR count). The van der Waals surface area contributed by atoms with Gasteiger partial charge in [0.05, 0.1) is 23.6 Å². The Morgan fingerprint density at radius 3 is 2.22 bits per heavy atom. The van der Waals surface area contributed by atoms with E-state index in [0.29, 0.717) is 32.5 Å². The minimum atomic E-state index is -3.95. The number of halogens is 1. The third kappa shape index (κ3) is 7.58. The fourth-order valence-corrected chi connectivity index (χ4v) is 6.35. The topological polar surface area (TPSA) is 87.2 Å². The van der Waals surface area contributed by atoms with Crippen molar-refractivity contribution in [1.82, 2.24) is 14.1 Å². The lowest BCUT2D eigenvalue weighted by Crippen LogP contribution is -2.51. The van der Waals surface area contributed by atoms with Crippen molar-refractivity contribution in [2.24, 2.45) is 0 Å². The standard InChI is InChI=1S/C31H36FN3O5S/c1-24-12-14-25(15-13-24)22-35(26-16-18-33(19-17-26)31(37)28-10-6-7-11-29(28)32)30(36)23-34(20-21-40-2)41(38,39)27-8-4-3-5-9-27/h3-15,26H,16-23H2,1-2H3. The maximum absolute atomic E-state index is 14.2. The fourth-order valence-electron chi connectivity index (χ4n) is 4.96. The van der Waals surface area contributed by atoms with Crippen molar-refractivity contribution in [1.29, 1.82) is 0 Å². The van der Waals surface area contributed by atoms with Gasteiger partial charge in [-0.25, -0.2) is 12.8 Å². The maximum Gasteiger partial charge on any atom is 0.256 e. The van der Waals surface area contributed by atoms with Crippen LogP contribution in [0.25, 0.3) is 0 Å². The first-order chi connectivity index (χ1) is 19.7. The average molecular weight is 582 g/mol. The summed E-state index contributed by atoms with van der Waals surface area (Å²) in [6.07, 6.45) is 0.975. The lowest BCUT2D eigenvalue weighted by Gasteiger charge is -2.39. The third-order valence-corrected chi connectivity index (χ3v) is 9.19. The Kier molecular flexibility index (Phi) is 10.3. The largest absolute Gasteiger partial charge is 0.383 e. The molecule has 1 aliphatic heterocycles. The lowest BCUT2D eigenvalue weighted by molar-refractivity contribution is -0.135. The predicted molar refractivity (Wildman–Crippen MR) is 154 cm³/mol. The van der Waals surface area contributed by atoms with Crippen LogP contribution in [-0.2, 0) is 26.1 Å². The summed E-state index contributed by atoms with van der Waals surface area (Å²) in [6, 6.07) is 21.6. The summed E-state index contributed by atoms with van der Waals surface area (Å²) in [7, 11) is -2.47. The number of likely N-dealkylation sites (tertiary alicyclic amines) is 1. The molecule has 3 aromatic rings. The molecule has 0 unspecified atom stereocenters. The quantitative estimate of drug-likeness (QED) is 0.340. The Morgan fingerprint density at radius 2 is 1.59 bits per heavy atom. The molecule has 0 radical (unpaired) electrons. The molecule has 0 bridgehead atoms. The number of methoxy groups -OCH3 is 1. The highest BCUT2D eigenvalue weighted by molar-refractivity contribution is 7.89. The Hall–Kier alpha value is -3.60. The molecule has 3 aromatic carbocycles. The van der Waals surface area contributed by atoms with Crippen molar-refractivity contribution < 1.29 is 27.1 Å². The normalized spacial score (nSPS) is 14.3. The van der Waals surface area contributed by atoms with Gasteiger partial charge in [0.1, 0.15) is 5.82 Å². The number of carbonyl (C=O) groups excluding carboxylic acids is 2. The Labute approximate surface area is 241 Å². The minimum absolute atomic E-state index is 0.0213. The number of ether oxygens (including phenoxy) is 1. The predicted octanol–water partition coefficient (Wildman–Crippen LogP) is 4.10. The fraction of sp³-hybridized carbons (Fsp3) is 0.355. The van der Waals surface area contributed by atoms with Crippen molar-refractivity contribution >= 4 is 21.8 Å². The summed E-state index contributed by atoms with van der Waals surface area (Å²) in [5, 5.41) is 0. The summed E-state index contributed by atoms with van der Waals surface area (Å²) in [5.74, 6) is -1.27. The third-order valence-electron chi connectivity index (χ3n) is 7.33. The number of aryl methyl sites for hydroxylation is 1. The number of hydrogen-bond acceptors (Lipinski definition) is 5. The van der Waals surface area contributed by atoms with Crippen LogP contribution in [0.3, 0.4) is 0 Å². The van der Waals surface area contributed by atoms with Gasteiger partial charge >= 0.3 is 0 Å². The number of sulfonamides is 1. The van der Waals surface area contributed by atoms with E-state index in [1.165, 1.54) is 31.4 Å². The molecule has 0 saturated carbocycles. The summed E-state index contributed by atoms with van der Waals surface area (Å²) in [4.78, 5) is 30.3. The van der Waals surface area contributed by atoms with E-state index < -0.39 is 15.8 Å². The van der Waals surface area contributed by atoms with Crippen LogP contribution in [0.2, 0.25) is 0 Å². The number of amides is 2. The number of hydrogen-bond donors (Lipinski definition) is 0. The minimum Gasteiger partial charge on any atom is -0.383 e. The van der Waals surface area contributed by atoms with Crippen molar-refractivity contribution in [2.75, 3.05) is 39.9 Å². The average Bonchev–Trinajstić information content (AvgIpc) is 2.99. The second-order valence-corrected chi connectivity index (χ2v) is 12.1. The molecule has 0 N–H and O–H groups in total. The molecule has 1 aliphatic rings. The zero-order valence-corrected chi connectivity index (χ0v) is 24.2. The molecular weight excluding hydrogens is 545 g/mol. The van der Waals surface area contributed by atoms with E-state index >= 15 is 0 Å². The van der Waals surface area contributed by atoms with Crippen molar-refractivity contribution in [3.63, 3.8) is 0 Å². The first-order valence-electron chi connectivity index (χ1n) is 13.6. The molecule has 0 atom stereocenters. The van der Waals surface area contributed by atoms with Crippen LogP contribution in [0.1, 0.15) is 34.3 Å². The summed E-state index contributed by atoms with van der Waals surface area (Å²) in [6.45, 7) is 2.80. The molecule has 0 spiro atoms. The Morgan fingerprint density at radius 1 is 0.951 bits per heavy atom. The highest BCUT2D eigenvalue weighted by Crippen LogP contribution is 2.23. The smallest absolute Gasteiger partial charge is 0.256 e. The highest BCUT2D eigenvalue weighted by atomic mass is 32.2. The lowest BCUT2D eigenvalue weighted by atomic mass is 10.0. The van der Waals surface area contributed by atoms with Crippen LogP contribution in [0.4, 0.5) is 4.39 Å². The molecule has 0 aromatic heterocycles. The number of piperidine rings is 1. The van der Waals surface area contributed by atoms with Crippen LogP contribution in [-0.4, -0.2) is 80.3 Å². The molecule has 2 amide bonds. The molecule has 10 heteroatoms. The molecular formula is C31H36FN3O5S. The summed E-state index contributed by atoms with van der Waals surface area (Å²) >= 11 is 0. The van der Waals surface area contributed by atoms with Gasteiger partial charge in [-0.15, -0.1) is 0 Å². The SMILES string of the molecule is COCCN(CC(=O)N(Cc1ccc(C)cc1)C1CCN(C(=O)c2ccccc2F)CC1)S(=O)(=O)c1ccccc1. The first kappa shape index (κ1) is 30.4. The molecule has 218 valence electrons. The molecule has 41 heavy (non-hydrogen) atoms. The van der Waals surface area contributed by atoms with E-state index in [0.717, 1.165) is 15.4 Å². The zero-order chi connectivity index (χ0) is 29.4. The van der Waals surface area contributed by atoms with Crippen LogP contribution in [0.15, 0.2) is 83.8 Å². The van der Waals surface area contributed by atoms with Gasteiger partial charge < -0.3 is 14.5 Å². The second kappa shape index (κ2) is 13.8.